The summed E-state index contributed by atoms with van der Waals surface area (Å²) in [5.74, 6) is 0.662. The molecule has 1 fully saturated rings. The Labute approximate surface area is 172 Å². The molecule has 0 unspecified atom stereocenters. The van der Waals surface area contributed by atoms with Crippen molar-refractivity contribution in [1.29, 1.82) is 0 Å². The Balaban J connectivity index is 1.37. The molecule has 0 saturated carbocycles. The summed E-state index contributed by atoms with van der Waals surface area (Å²) >= 11 is 0. The third-order valence-electron chi connectivity index (χ3n) is 5.54. The van der Waals surface area contributed by atoms with Crippen molar-refractivity contribution in [1.82, 2.24) is 15.6 Å². The fourth-order valence-corrected chi connectivity index (χ4v) is 3.88. The average Bonchev–Trinajstić information content (AvgIpc) is 2.80. The fraction of sp³-hybridized carbons (Fsp3) is 0.280. The lowest BCUT2D eigenvalue weighted by molar-refractivity contribution is -0.120. The number of nitrogens with one attached hydrogen (secondary N) is 2. The minimum absolute atomic E-state index is 0.0105. The molecule has 1 aliphatic rings. The molecule has 0 atom stereocenters. The van der Waals surface area contributed by atoms with Crippen LogP contribution in [0.25, 0.3) is 11.1 Å². The molecule has 3 aromatic rings. The van der Waals surface area contributed by atoms with Gasteiger partial charge in [-0.25, -0.2) is 0 Å². The van der Waals surface area contributed by atoms with Crippen molar-refractivity contribution in [3.8, 4) is 11.1 Å². The van der Waals surface area contributed by atoms with Gasteiger partial charge in [-0.05, 0) is 66.2 Å². The normalized spacial score (nSPS) is 14.5. The van der Waals surface area contributed by atoms with Gasteiger partial charge in [-0.1, -0.05) is 54.6 Å². The van der Waals surface area contributed by atoms with Gasteiger partial charge >= 0.3 is 0 Å². The van der Waals surface area contributed by atoms with Crippen LogP contribution in [-0.2, 0) is 17.8 Å². The van der Waals surface area contributed by atoms with Crippen LogP contribution in [0.1, 0.15) is 35.6 Å². The number of piperidine rings is 1. The van der Waals surface area contributed by atoms with Crippen LogP contribution in [0.3, 0.4) is 0 Å². The summed E-state index contributed by atoms with van der Waals surface area (Å²) in [4.78, 5) is 16.4. The van der Waals surface area contributed by atoms with E-state index in [1.54, 1.807) is 6.20 Å². The molecule has 0 aliphatic carbocycles. The lowest BCUT2D eigenvalue weighted by Gasteiger charge is -2.23. The van der Waals surface area contributed by atoms with Gasteiger partial charge in [-0.15, -0.1) is 0 Å². The predicted octanol–water partition coefficient (Wildman–Crippen LogP) is 4.07. The molecular weight excluding hydrogens is 358 g/mol. The zero-order chi connectivity index (χ0) is 19.9. The lowest BCUT2D eigenvalue weighted by Crippen LogP contribution is -2.26. The molecule has 1 amide bonds. The van der Waals surface area contributed by atoms with Gasteiger partial charge in [0.15, 0.2) is 0 Å². The highest BCUT2D eigenvalue weighted by Crippen LogP contribution is 2.29. The molecule has 4 heteroatoms. The molecule has 0 spiro atoms. The fourth-order valence-electron chi connectivity index (χ4n) is 3.88. The largest absolute Gasteiger partial charge is 0.350 e. The second-order valence-electron chi connectivity index (χ2n) is 7.62. The van der Waals surface area contributed by atoms with Gasteiger partial charge in [-0.2, -0.15) is 0 Å². The van der Waals surface area contributed by atoms with E-state index in [-0.39, 0.29) is 5.91 Å². The van der Waals surface area contributed by atoms with Crippen LogP contribution in [-0.4, -0.2) is 24.0 Å². The van der Waals surface area contributed by atoms with Crippen molar-refractivity contribution in [3.63, 3.8) is 0 Å². The average molecular weight is 386 g/mol. The molecule has 148 valence electrons. The molecule has 1 aromatic heterocycles. The van der Waals surface area contributed by atoms with Crippen LogP contribution in [0.5, 0.6) is 0 Å². The first-order valence-corrected chi connectivity index (χ1v) is 10.3. The number of amides is 1. The van der Waals surface area contributed by atoms with Crippen LogP contribution in [0.15, 0.2) is 72.9 Å². The van der Waals surface area contributed by atoms with Gasteiger partial charge in [-0.3, -0.25) is 9.78 Å². The van der Waals surface area contributed by atoms with E-state index in [1.807, 2.05) is 30.3 Å². The van der Waals surface area contributed by atoms with Crippen molar-refractivity contribution in [3.05, 3.63) is 89.7 Å². The highest BCUT2D eigenvalue weighted by molar-refractivity contribution is 5.78. The van der Waals surface area contributed by atoms with Crippen LogP contribution in [0.4, 0.5) is 0 Å². The number of benzene rings is 2. The number of rotatable bonds is 6. The number of pyridine rings is 1. The van der Waals surface area contributed by atoms with Crippen molar-refractivity contribution < 1.29 is 4.79 Å². The summed E-state index contributed by atoms with van der Waals surface area (Å²) in [6.45, 7) is 2.67. The van der Waals surface area contributed by atoms with Crippen LogP contribution in [0.2, 0.25) is 0 Å². The third kappa shape index (κ3) is 5.30. The number of aromatic nitrogens is 1. The van der Waals surface area contributed by atoms with Crippen molar-refractivity contribution in [2.75, 3.05) is 13.1 Å². The second kappa shape index (κ2) is 9.48. The van der Waals surface area contributed by atoms with E-state index in [9.17, 15) is 4.79 Å². The van der Waals surface area contributed by atoms with E-state index >= 15 is 0 Å². The second-order valence-corrected chi connectivity index (χ2v) is 7.62. The number of hydrogen-bond donors (Lipinski definition) is 2. The molecule has 4 nitrogen and oxygen atoms in total. The quantitative estimate of drug-likeness (QED) is 0.672. The first-order valence-electron chi connectivity index (χ1n) is 10.3. The Morgan fingerprint density at radius 1 is 0.966 bits per heavy atom. The monoisotopic (exact) mass is 385 g/mol. The van der Waals surface area contributed by atoms with Gasteiger partial charge in [0.05, 0.1) is 18.7 Å². The Morgan fingerprint density at radius 3 is 2.55 bits per heavy atom. The standard InChI is InChI=1S/C25H27N3O/c29-25(28-18-24-6-1-2-13-27-24)16-19-7-9-20(10-8-19)22-4-3-5-23(17-22)21-11-14-26-15-12-21/h1-10,13,17,21,26H,11-12,14-16,18H2,(H,28,29). The molecule has 2 heterocycles. The lowest BCUT2D eigenvalue weighted by atomic mass is 9.88. The number of nitrogens with zero attached hydrogens (tertiary/aromatic N) is 1. The highest BCUT2D eigenvalue weighted by atomic mass is 16.1. The highest BCUT2D eigenvalue weighted by Gasteiger charge is 2.15. The Hall–Kier alpha value is -2.98. The Kier molecular flexibility index (Phi) is 6.32. The molecule has 1 saturated heterocycles. The van der Waals surface area contributed by atoms with Crippen LogP contribution >= 0.6 is 0 Å². The summed E-state index contributed by atoms with van der Waals surface area (Å²) in [6.07, 6.45) is 4.52. The maximum absolute atomic E-state index is 12.2. The minimum atomic E-state index is 0.0105. The summed E-state index contributed by atoms with van der Waals surface area (Å²) in [5, 5.41) is 6.37. The maximum Gasteiger partial charge on any atom is 0.224 e. The summed E-state index contributed by atoms with van der Waals surface area (Å²) < 4.78 is 0. The minimum Gasteiger partial charge on any atom is -0.350 e. The smallest absolute Gasteiger partial charge is 0.224 e. The Morgan fingerprint density at radius 2 is 1.79 bits per heavy atom. The van der Waals surface area contributed by atoms with Gasteiger partial charge in [0.25, 0.3) is 0 Å². The van der Waals surface area contributed by atoms with Gasteiger partial charge in [0.1, 0.15) is 0 Å². The summed E-state index contributed by atoms with van der Waals surface area (Å²) in [7, 11) is 0. The zero-order valence-corrected chi connectivity index (χ0v) is 16.6. The van der Waals surface area contributed by atoms with E-state index in [2.05, 4.69) is 52.0 Å². The van der Waals surface area contributed by atoms with Crippen LogP contribution < -0.4 is 10.6 Å². The summed E-state index contributed by atoms with van der Waals surface area (Å²) in [6, 6.07) is 22.9. The molecule has 4 rings (SSSR count). The molecule has 2 aromatic carbocycles. The Bertz CT molecular complexity index is 932. The van der Waals surface area contributed by atoms with E-state index < -0.39 is 0 Å². The molecule has 0 bridgehead atoms. The number of carbonyl (C=O) groups is 1. The van der Waals surface area contributed by atoms with Gasteiger partial charge in [0, 0.05) is 6.20 Å². The first-order chi connectivity index (χ1) is 14.3. The van der Waals surface area contributed by atoms with Crippen molar-refractivity contribution >= 4 is 5.91 Å². The van der Waals surface area contributed by atoms with Gasteiger partial charge < -0.3 is 10.6 Å². The summed E-state index contributed by atoms with van der Waals surface area (Å²) in [5.41, 5.74) is 5.75. The molecule has 29 heavy (non-hydrogen) atoms. The molecule has 2 N–H and O–H groups in total. The molecular formula is C25H27N3O. The van der Waals surface area contributed by atoms with E-state index in [4.69, 9.17) is 0 Å². The third-order valence-corrected chi connectivity index (χ3v) is 5.54. The van der Waals surface area contributed by atoms with Crippen molar-refractivity contribution in [2.45, 2.75) is 31.7 Å². The van der Waals surface area contributed by atoms with Crippen LogP contribution in [0, 0.1) is 0 Å². The molecule has 1 aliphatic heterocycles. The number of hydrogen-bond acceptors (Lipinski definition) is 3. The zero-order valence-electron chi connectivity index (χ0n) is 16.6. The van der Waals surface area contributed by atoms with E-state index in [1.165, 1.54) is 29.5 Å². The van der Waals surface area contributed by atoms with Gasteiger partial charge in [0.2, 0.25) is 5.91 Å². The first kappa shape index (κ1) is 19.3. The maximum atomic E-state index is 12.2. The number of carbonyl (C=O) groups excluding carboxylic acids is 1. The van der Waals surface area contributed by atoms with Crippen molar-refractivity contribution in [2.24, 2.45) is 0 Å². The van der Waals surface area contributed by atoms with E-state index in [0.717, 1.165) is 24.3 Å². The topological polar surface area (TPSA) is 54.0 Å². The molecule has 0 radical (unpaired) electrons. The SMILES string of the molecule is O=C(Cc1ccc(-c2cccc(C3CCNCC3)c2)cc1)NCc1ccccn1. The van der Waals surface area contributed by atoms with E-state index in [0.29, 0.717) is 18.9 Å². The predicted molar refractivity (Wildman–Crippen MR) is 117 cm³/mol.